The van der Waals surface area contributed by atoms with E-state index in [1.165, 1.54) is 0 Å². The van der Waals surface area contributed by atoms with Crippen LogP contribution in [0, 0.1) is 5.82 Å². The lowest BCUT2D eigenvalue weighted by Crippen LogP contribution is -2.43. The van der Waals surface area contributed by atoms with E-state index in [4.69, 9.17) is 0 Å². The molecule has 2 N–H and O–H groups in total. The molecular formula is C24H35Cl3FN3O. The van der Waals surface area contributed by atoms with E-state index in [1.54, 1.807) is 18.2 Å². The van der Waals surface area contributed by atoms with Gasteiger partial charge in [-0.3, -0.25) is 4.90 Å². The van der Waals surface area contributed by atoms with Crippen molar-refractivity contribution in [2.24, 2.45) is 0 Å². The summed E-state index contributed by atoms with van der Waals surface area (Å²) >= 11 is 0. The highest BCUT2D eigenvalue weighted by Crippen LogP contribution is 2.40. The van der Waals surface area contributed by atoms with Crippen LogP contribution in [0.3, 0.4) is 0 Å². The maximum atomic E-state index is 14.5. The third-order valence-corrected chi connectivity index (χ3v) is 6.61. The summed E-state index contributed by atoms with van der Waals surface area (Å²) in [6.07, 6.45) is 4.15. The van der Waals surface area contributed by atoms with E-state index in [0.717, 1.165) is 75.1 Å². The van der Waals surface area contributed by atoms with Gasteiger partial charge in [-0.2, -0.15) is 0 Å². The van der Waals surface area contributed by atoms with Crippen LogP contribution in [0.1, 0.15) is 42.4 Å². The molecule has 0 aromatic heterocycles. The van der Waals surface area contributed by atoms with Gasteiger partial charge in [0, 0.05) is 55.9 Å². The van der Waals surface area contributed by atoms with Gasteiger partial charge in [0.1, 0.15) is 11.6 Å². The standard InChI is InChI=1S/C24H32FN3O.3ClH/c1-27-12-14-28(15-13-27)18-20-16-19(8-9-23(20)29)17-26-24(10-4-5-11-24)21-6-2-3-7-22(21)25;;;/h2-3,6-9,16,26,29H,4-5,10-15,17-18H2,1H3;3*1H. The minimum atomic E-state index is -0.291. The Morgan fingerprint density at radius 1 is 0.969 bits per heavy atom. The fourth-order valence-electron chi connectivity index (χ4n) is 4.76. The zero-order valence-electron chi connectivity index (χ0n) is 18.6. The van der Waals surface area contributed by atoms with Crippen molar-refractivity contribution in [3.05, 3.63) is 65.0 Å². The van der Waals surface area contributed by atoms with E-state index in [-0.39, 0.29) is 48.6 Å². The van der Waals surface area contributed by atoms with Crippen LogP contribution in [0.5, 0.6) is 5.75 Å². The summed E-state index contributed by atoms with van der Waals surface area (Å²) < 4.78 is 14.5. The summed E-state index contributed by atoms with van der Waals surface area (Å²) in [7, 11) is 2.15. The van der Waals surface area contributed by atoms with Gasteiger partial charge >= 0.3 is 0 Å². The molecule has 1 aliphatic heterocycles. The number of hydrogen-bond donors (Lipinski definition) is 2. The van der Waals surface area contributed by atoms with Gasteiger partial charge in [-0.15, -0.1) is 37.2 Å². The lowest BCUT2D eigenvalue weighted by molar-refractivity contribution is 0.147. The smallest absolute Gasteiger partial charge is 0.128 e. The molecule has 1 aliphatic carbocycles. The third-order valence-electron chi connectivity index (χ3n) is 6.61. The lowest BCUT2D eigenvalue weighted by atomic mass is 9.87. The molecule has 1 saturated heterocycles. The molecule has 180 valence electrons. The Morgan fingerprint density at radius 3 is 2.28 bits per heavy atom. The van der Waals surface area contributed by atoms with Crippen LogP contribution in [0.4, 0.5) is 4.39 Å². The molecule has 2 aliphatic rings. The average molecular weight is 507 g/mol. The minimum Gasteiger partial charge on any atom is -0.508 e. The molecule has 0 unspecified atom stereocenters. The zero-order valence-corrected chi connectivity index (χ0v) is 21.0. The normalized spacial score (nSPS) is 18.3. The average Bonchev–Trinajstić information content (AvgIpc) is 3.20. The van der Waals surface area contributed by atoms with E-state index in [0.29, 0.717) is 12.3 Å². The summed E-state index contributed by atoms with van der Waals surface area (Å²) in [5, 5.41) is 14.0. The SMILES string of the molecule is CN1CCN(Cc2cc(CNC3(c4ccccc4F)CCCC3)ccc2O)CC1.Cl.Cl.Cl. The molecule has 2 aromatic rings. The highest BCUT2D eigenvalue weighted by atomic mass is 35.5. The fourth-order valence-corrected chi connectivity index (χ4v) is 4.76. The summed E-state index contributed by atoms with van der Waals surface area (Å²) in [6.45, 7) is 5.61. The molecule has 0 bridgehead atoms. The van der Waals surface area contributed by atoms with Gasteiger partial charge in [0.15, 0.2) is 0 Å². The molecule has 1 saturated carbocycles. The van der Waals surface area contributed by atoms with Crippen molar-refractivity contribution < 1.29 is 9.50 Å². The maximum Gasteiger partial charge on any atom is 0.128 e. The van der Waals surface area contributed by atoms with Crippen LogP contribution < -0.4 is 5.32 Å². The summed E-state index contributed by atoms with van der Waals surface area (Å²) in [5.74, 6) is 0.237. The molecule has 1 heterocycles. The number of rotatable bonds is 6. The van der Waals surface area contributed by atoms with Crippen LogP contribution in [-0.4, -0.2) is 48.1 Å². The van der Waals surface area contributed by atoms with Crippen LogP contribution >= 0.6 is 37.2 Å². The molecule has 2 aromatic carbocycles. The molecule has 2 fully saturated rings. The fraction of sp³-hybridized carbons (Fsp3) is 0.500. The van der Waals surface area contributed by atoms with E-state index in [1.807, 2.05) is 18.2 Å². The monoisotopic (exact) mass is 505 g/mol. The van der Waals surface area contributed by atoms with Crippen molar-refractivity contribution >= 4 is 37.2 Å². The van der Waals surface area contributed by atoms with Gasteiger partial charge in [-0.1, -0.05) is 37.1 Å². The van der Waals surface area contributed by atoms with Crippen molar-refractivity contribution in [1.82, 2.24) is 15.1 Å². The van der Waals surface area contributed by atoms with Crippen molar-refractivity contribution in [2.75, 3.05) is 33.2 Å². The second kappa shape index (κ2) is 13.0. The summed E-state index contributed by atoms with van der Waals surface area (Å²) in [5.41, 5.74) is 2.60. The Balaban J connectivity index is 0.00000171. The zero-order chi connectivity index (χ0) is 20.3. The highest BCUT2D eigenvalue weighted by Gasteiger charge is 2.37. The van der Waals surface area contributed by atoms with Gasteiger partial charge in [0.2, 0.25) is 0 Å². The number of benzene rings is 2. The molecule has 0 radical (unpaired) electrons. The second-order valence-corrected chi connectivity index (χ2v) is 8.67. The quantitative estimate of drug-likeness (QED) is 0.571. The first-order valence-corrected chi connectivity index (χ1v) is 10.8. The Morgan fingerprint density at radius 2 is 1.62 bits per heavy atom. The van der Waals surface area contributed by atoms with Crippen molar-refractivity contribution in [3.8, 4) is 5.75 Å². The molecular weight excluding hydrogens is 472 g/mol. The number of phenols is 1. The molecule has 0 spiro atoms. The number of nitrogens with one attached hydrogen (secondary N) is 1. The van der Waals surface area contributed by atoms with Gasteiger partial charge in [0.05, 0.1) is 0 Å². The molecule has 32 heavy (non-hydrogen) atoms. The van der Waals surface area contributed by atoms with Gasteiger partial charge < -0.3 is 15.3 Å². The first kappa shape index (κ1) is 29.0. The van der Waals surface area contributed by atoms with Crippen molar-refractivity contribution in [3.63, 3.8) is 0 Å². The van der Waals surface area contributed by atoms with Crippen LogP contribution in [0.15, 0.2) is 42.5 Å². The number of hydrogen-bond acceptors (Lipinski definition) is 4. The van der Waals surface area contributed by atoms with Crippen molar-refractivity contribution in [1.29, 1.82) is 0 Å². The number of nitrogens with zero attached hydrogens (tertiary/aromatic N) is 2. The minimum absolute atomic E-state index is 0. The first-order chi connectivity index (χ1) is 14.1. The largest absolute Gasteiger partial charge is 0.508 e. The Labute approximate surface area is 209 Å². The molecule has 8 heteroatoms. The predicted molar refractivity (Wildman–Crippen MR) is 136 cm³/mol. The third kappa shape index (κ3) is 6.72. The molecule has 0 amide bonds. The summed E-state index contributed by atoms with van der Waals surface area (Å²) in [4.78, 5) is 4.73. The Kier molecular flexibility index (Phi) is 11.7. The van der Waals surface area contributed by atoms with E-state index in [9.17, 15) is 9.50 Å². The lowest BCUT2D eigenvalue weighted by Gasteiger charge is -2.33. The predicted octanol–water partition coefficient (Wildman–Crippen LogP) is 5.10. The van der Waals surface area contributed by atoms with E-state index in [2.05, 4.69) is 28.2 Å². The summed E-state index contributed by atoms with van der Waals surface area (Å²) in [6, 6.07) is 13.0. The van der Waals surface area contributed by atoms with Crippen molar-refractivity contribution in [2.45, 2.75) is 44.3 Å². The second-order valence-electron chi connectivity index (χ2n) is 8.67. The van der Waals surface area contributed by atoms with Gasteiger partial charge in [-0.05, 0) is 43.7 Å². The number of likely N-dealkylation sites (N-methyl/N-ethyl adjacent to an activating group) is 1. The highest BCUT2D eigenvalue weighted by molar-refractivity contribution is 5.86. The van der Waals surface area contributed by atoms with Crippen LogP contribution in [-0.2, 0) is 18.6 Å². The number of phenolic OH excluding ortho intramolecular Hbond substituents is 1. The Bertz CT molecular complexity index is 841. The van der Waals surface area contributed by atoms with E-state index < -0.39 is 0 Å². The van der Waals surface area contributed by atoms with Gasteiger partial charge in [-0.25, -0.2) is 4.39 Å². The van der Waals surface area contributed by atoms with Gasteiger partial charge in [0.25, 0.3) is 0 Å². The van der Waals surface area contributed by atoms with Crippen LogP contribution in [0.2, 0.25) is 0 Å². The number of halogens is 4. The van der Waals surface area contributed by atoms with Crippen LogP contribution in [0.25, 0.3) is 0 Å². The molecule has 4 nitrogen and oxygen atoms in total. The first-order valence-electron chi connectivity index (χ1n) is 10.8. The number of piperazine rings is 1. The number of aromatic hydroxyl groups is 1. The molecule has 0 atom stereocenters. The topological polar surface area (TPSA) is 38.7 Å². The Hall–Kier alpha value is -1.08. The maximum absolute atomic E-state index is 14.5. The van der Waals surface area contributed by atoms with E-state index >= 15 is 0 Å². The molecule has 4 rings (SSSR count).